The molecule has 0 amide bonds. The van der Waals surface area contributed by atoms with Gasteiger partial charge in [0.25, 0.3) is 5.56 Å². The van der Waals surface area contributed by atoms with Crippen LogP contribution in [0.1, 0.15) is 26.2 Å². The van der Waals surface area contributed by atoms with Gasteiger partial charge >= 0.3 is 0 Å². The van der Waals surface area contributed by atoms with Gasteiger partial charge in [-0.25, -0.2) is 4.98 Å². The Balaban J connectivity index is 2.42. The van der Waals surface area contributed by atoms with E-state index in [1.54, 1.807) is 22.4 Å². The van der Waals surface area contributed by atoms with Gasteiger partial charge in [0.1, 0.15) is 0 Å². The van der Waals surface area contributed by atoms with Gasteiger partial charge in [0, 0.05) is 15.9 Å². The SMILES string of the molecule is C=CCn1c(SCCCCC)nc2ccc(I)cc2c1=O. The topological polar surface area (TPSA) is 34.9 Å². The van der Waals surface area contributed by atoms with Crippen LogP contribution in [-0.2, 0) is 6.54 Å². The molecule has 0 bridgehead atoms. The quantitative estimate of drug-likeness (QED) is 0.221. The first-order valence-corrected chi connectivity index (χ1v) is 9.17. The molecule has 0 saturated carbocycles. The van der Waals surface area contributed by atoms with Crippen LogP contribution < -0.4 is 5.56 Å². The Hall–Kier alpha value is -0.820. The van der Waals surface area contributed by atoms with Crippen LogP contribution in [0.15, 0.2) is 40.8 Å². The Bertz CT molecular complexity index is 696. The second-order valence-corrected chi connectivity index (χ2v) is 7.12. The van der Waals surface area contributed by atoms with E-state index in [9.17, 15) is 4.79 Å². The zero-order chi connectivity index (χ0) is 15.2. The van der Waals surface area contributed by atoms with Crippen molar-refractivity contribution in [1.82, 2.24) is 9.55 Å². The number of nitrogens with zero attached hydrogens (tertiary/aromatic N) is 2. The summed E-state index contributed by atoms with van der Waals surface area (Å²) in [6.07, 6.45) is 5.31. The van der Waals surface area contributed by atoms with E-state index in [1.807, 2.05) is 18.2 Å². The lowest BCUT2D eigenvalue weighted by molar-refractivity contribution is 0.670. The number of hydrogen-bond acceptors (Lipinski definition) is 3. The first-order valence-electron chi connectivity index (χ1n) is 7.11. The van der Waals surface area contributed by atoms with Crippen LogP contribution >= 0.6 is 34.4 Å². The fourth-order valence-electron chi connectivity index (χ4n) is 2.09. The van der Waals surface area contributed by atoms with Crippen molar-refractivity contribution in [3.63, 3.8) is 0 Å². The molecule has 1 aromatic heterocycles. The maximum atomic E-state index is 12.6. The summed E-state index contributed by atoms with van der Waals surface area (Å²) in [6, 6.07) is 5.81. The summed E-state index contributed by atoms with van der Waals surface area (Å²) in [4.78, 5) is 17.3. The minimum absolute atomic E-state index is 0.0245. The molecule has 2 rings (SSSR count). The van der Waals surface area contributed by atoms with E-state index in [4.69, 9.17) is 0 Å². The number of allylic oxidation sites excluding steroid dienone is 1. The molecule has 0 unspecified atom stereocenters. The zero-order valence-corrected chi connectivity index (χ0v) is 15.1. The van der Waals surface area contributed by atoms with E-state index >= 15 is 0 Å². The number of rotatable bonds is 7. The van der Waals surface area contributed by atoms with Crippen LogP contribution in [0.2, 0.25) is 0 Å². The summed E-state index contributed by atoms with van der Waals surface area (Å²) in [5.41, 5.74) is 0.801. The molecule has 0 atom stereocenters. The van der Waals surface area contributed by atoms with E-state index in [2.05, 4.69) is 41.1 Å². The molecule has 0 aliphatic heterocycles. The second-order valence-electron chi connectivity index (χ2n) is 4.82. The summed E-state index contributed by atoms with van der Waals surface area (Å²) >= 11 is 3.88. The summed E-state index contributed by atoms with van der Waals surface area (Å²) in [6.45, 7) is 6.44. The van der Waals surface area contributed by atoms with Gasteiger partial charge in [-0.3, -0.25) is 9.36 Å². The molecule has 0 N–H and O–H groups in total. The Morgan fingerprint density at radius 2 is 2.24 bits per heavy atom. The molecule has 3 nitrogen and oxygen atoms in total. The van der Waals surface area contributed by atoms with Gasteiger partial charge in [-0.05, 0) is 47.2 Å². The van der Waals surface area contributed by atoms with E-state index in [0.29, 0.717) is 11.9 Å². The second kappa shape index (κ2) is 7.98. The van der Waals surface area contributed by atoms with Crippen LogP contribution in [0.5, 0.6) is 0 Å². The highest BCUT2D eigenvalue weighted by Gasteiger charge is 2.10. The van der Waals surface area contributed by atoms with Crippen molar-refractivity contribution in [2.45, 2.75) is 37.9 Å². The third-order valence-electron chi connectivity index (χ3n) is 3.17. The van der Waals surface area contributed by atoms with Crippen molar-refractivity contribution in [1.29, 1.82) is 0 Å². The van der Waals surface area contributed by atoms with Gasteiger partial charge < -0.3 is 0 Å². The maximum Gasteiger partial charge on any atom is 0.262 e. The number of hydrogen-bond donors (Lipinski definition) is 0. The highest BCUT2D eigenvalue weighted by molar-refractivity contribution is 14.1. The predicted molar refractivity (Wildman–Crippen MR) is 99.2 cm³/mol. The van der Waals surface area contributed by atoms with Crippen molar-refractivity contribution in [2.24, 2.45) is 0 Å². The summed E-state index contributed by atoms with van der Waals surface area (Å²) in [5, 5.41) is 1.48. The molecule has 21 heavy (non-hydrogen) atoms. The molecule has 0 aliphatic rings. The maximum absolute atomic E-state index is 12.6. The largest absolute Gasteiger partial charge is 0.283 e. The number of halogens is 1. The summed E-state index contributed by atoms with van der Waals surface area (Å²) in [7, 11) is 0. The standard InChI is InChI=1S/C16H19IN2OS/c1-3-5-6-10-21-16-18-14-8-7-12(17)11-13(14)15(20)19(16)9-4-2/h4,7-8,11H,2-3,5-6,9-10H2,1H3. The van der Waals surface area contributed by atoms with Crippen molar-refractivity contribution in [3.8, 4) is 0 Å². The highest BCUT2D eigenvalue weighted by Crippen LogP contribution is 2.20. The Morgan fingerprint density at radius 3 is 2.95 bits per heavy atom. The summed E-state index contributed by atoms with van der Waals surface area (Å²) in [5.74, 6) is 0.993. The molecule has 0 saturated heterocycles. The molecule has 5 heteroatoms. The van der Waals surface area contributed by atoms with Gasteiger partial charge in [0.2, 0.25) is 0 Å². The van der Waals surface area contributed by atoms with Crippen molar-refractivity contribution in [3.05, 3.63) is 44.8 Å². The van der Waals surface area contributed by atoms with Gasteiger partial charge in [-0.1, -0.05) is 37.6 Å². The molecule has 1 heterocycles. The Kier molecular flexibility index (Phi) is 6.29. The first kappa shape index (κ1) is 16.5. The molecule has 0 spiro atoms. The first-order chi connectivity index (χ1) is 10.2. The highest BCUT2D eigenvalue weighted by atomic mass is 127. The van der Waals surface area contributed by atoms with Gasteiger partial charge in [0.15, 0.2) is 5.16 Å². The number of unbranched alkanes of at least 4 members (excludes halogenated alkanes) is 2. The van der Waals surface area contributed by atoms with Crippen molar-refractivity contribution in [2.75, 3.05) is 5.75 Å². The molecule has 0 aliphatic carbocycles. The number of fused-ring (bicyclic) bond motifs is 1. The van der Waals surface area contributed by atoms with Crippen LogP contribution in [0.25, 0.3) is 10.9 Å². The Labute approximate surface area is 143 Å². The van der Waals surface area contributed by atoms with Gasteiger partial charge in [0.05, 0.1) is 10.9 Å². The van der Waals surface area contributed by atoms with Crippen molar-refractivity contribution >= 4 is 45.3 Å². The van der Waals surface area contributed by atoms with Gasteiger partial charge in [-0.2, -0.15) is 0 Å². The molecule has 112 valence electrons. The van der Waals surface area contributed by atoms with E-state index in [0.717, 1.165) is 26.4 Å². The molecule has 0 fully saturated rings. The average Bonchev–Trinajstić information content (AvgIpc) is 2.48. The van der Waals surface area contributed by atoms with Crippen molar-refractivity contribution < 1.29 is 0 Å². The lowest BCUT2D eigenvalue weighted by Crippen LogP contribution is -2.23. The molecule has 2 aromatic rings. The van der Waals surface area contributed by atoms with Gasteiger partial charge in [-0.15, -0.1) is 6.58 Å². The normalized spacial score (nSPS) is 11.0. The zero-order valence-electron chi connectivity index (χ0n) is 12.1. The van der Waals surface area contributed by atoms with Crippen LogP contribution in [-0.4, -0.2) is 15.3 Å². The number of benzene rings is 1. The molecule has 0 radical (unpaired) electrons. The fraction of sp³-hybridized carbons (Fsp3) is 0.375. The van der Waals surface area contributed by atoms with Crippen LogP contribution in [0.3, 0.4) is 0 Å². The fourth-order valence-corrected chi connectivity index (χ4v) is 3.59. The average molecular weight is 414 g/mol. The minimum atomic E-state index is 0.0245. The number of aromatic nitrogens is 2. The van der Waals surface area contributed by atoms with E-state index in [-0.39, 0.29) is 5.56 Å². The Morgan fingerprint density at radius 1 is 1.43 bits per heavy atom. The lowest BCUT2D eigenvalue weighted by Gasteiger charge is -2.11. The minimum Gasteiger partial charge on any atom is -0.283 e. The smallest absolute Gasteiger partial charge is 0.262 e. The monoisotopic (exact) mass is 414 g/mol. The van der Waals surface area contributed by atoms with E-state index < -0.39 is 0 Å². The van der Waals surface area contributed by atoms with E-state index in [1.165, 1.54) is 12.8 Å². The predicted octanol–water partition coefficient (Wildman–Crippen LogP) is 4.47. The molecular formula is C16H19IN2OS. The summed E-state index contributed by atoms with van der Waals surface area (Å²) < 4.78 is 2.77. The third kappa shape index (κ3) is 4.10. The lowest BCUT2D eigenvalue weighted by atomic mass is 10.2. The van der Waals surface area contributed by atoms with Crippen LogP contribution in [0.4, 0.5) is 0 Å². The van der Waals surface area contributed by atoms with Crippen LogP contribution in [0, 0.1) is 3.57 Å². The molecular weight excluding hydrogens is 395 g/mol. The third-order valence-corrected chi connectivity index (χ3v) is 4.91. The number of thioether (sulfide) groups is 1. The molecule has 1 aromatic carbocycles.